The number of para-hydroxylation sites is 1. The number of nitrogen functional groups attached to an aromatic ring is 1. The Balaban J connectivity index is 2.12. The van der Waals surface area contributed by atoms with Gasteiger partial charge in [0.05, 0.1) is 17.6 Å². The van der Waals surface area contributed by atoms with Gasteiger partial charge in [-0.25, -0.2) is 4.98 Å². The Bertz CT molecular complexity index is 682. The number of hydrogen-bond acceptors (Lipinski definition) is 3. The maximum atomic E-state index is 12.9. The van der Waals surface area contributed by atoms with Crippen molar-refractivity contribution in [3.8, 4) is 0 Å². The number of aromatic nitrogens is 1. The smallest absolute Gasteiger partial charge is 0.396 e. The molecule has 1 aromatic heterocycles. The lowest BCUT2D eigenvalue weighted by Crippen LogP contribution is -2.25. The van der Waals surface area contributed by atoms with Crippen LogP contribution in [0.5, 0.6) is 0 Å². The van der Waals surface area contributed by atoms with Gasteiger partial charge in [-0.15, -0.1) is 0 Å². The summed E-state index contributed by atoms with van der Waals surface area (Å²) in [5.74, 6) is 0. The second-order valence-corrected chi connectivity index (χ2v) is 5.18. The number of hydrogen-bond donors (Lipinski definition) is 1. The number of fused-ring (bicyclic) bond motifs is 1. The van der Waals surface area contributed by atoms with Crippen LogP contribution in [0.3, 0.4) is 0 Å². The molecule has 1 aromatic carbocycles. The zero-order valence-corrected chi connectivity index (χ0v) is 11.4. The number of halogens is 3. The van der Waals surface area contributed by atoms with Crippen molar-refractivity contribution in [2.75, 3.05) is 10.6 Å². The van der Waals surface area contributed by atoms with E-state index < -0.39 is 11.9 Å². The zero-order valence-electron chi connectivity index (χ0n) is 11.4. The lowest BCUT2D eigenvalue weighted by molar-refractivity contribution is -0.141. The molecule has 0 spiro atoms. The number of nitrogens with zero attached hydrogens (tertiary/aromatic N) is 2. The normalized spacial score (nSPS) is 17.9. The van der Waals surface area contributed by atoms with Crippen LogP contribution < -0.4 is 10.6 Å². The van der Waals surface area contributed by atoms with E-state index in [0.717, 1.165) is 29.9 Å². The maximum absolute atomic E-state index is 12.9. The van der Waals surface area contributed by atoms with E-state index in [9.17, 15) is 13.2 Å². The van der Waals surface area contributed by atoms with Crippen molar-refractivity contribution < 1.29 is 13.2 Å². The Morgan fingerprint density at radius 1 is 1.24 bits per heavy atom. The molecule has 1 aliphatic rings. The lowest BCUT2D eigenvalue weighted by Gasteiger charge is -2.27. The van der Waals surface area contributed by atoms with Crippen molar-refractivity contribution in [2.45, 2.75) is 25.6 Å². The van der Waals surface area contributed by atoms with Gasteiger partial charge >= 0.3 is 6.18 Å². The molecule has 2 aromatic rings. The maximum Gasteiger partial charge on any atom is 0.433 e. The highest BCUT2D eigenvalue weighted by Gasteiger charge is 2.35. The quantitative estimate of drug-likeness (QED) is 0.870. The summed E-state index contributed by atoms with van der Waals surface area (Å²) in [6, 6.07) is 8.74. The number of pyridine rings is 1. The lowest BCUT2D eigenvalue weighted by atomic mass is 10.1. The Kier molecular flexibility index (Phi) is 3.04. The summed E-state index contributed by atoms with van der Waals surface area (Å²) in [5.41, 5.74) is 7.54. The molecule has 2 N–H and O–H groups in total. The fraction of sp³-hybridized carbons (Fsp3) is 0.267. The molecule has 0 saturated carbocycles. The molecule has 110 valence electrons. The third kappa shape index (κ3) is 2.30. The third-order valence-corrected chi connectivity index (χ3v) is 3.67. The molecule has 6 heteroatoms. The van der Waals surface area contributed by atoms with Gasteiger partial charge in [0.2, 0.25) is 0 Å². The Hall–Kier alpha value is -2.24. The van der Waals surface area contributed by atoms with E-state index in [1.54, 1.807) is 0 Å². The van der Waals surface area contributed by atoms with Crippen LogP contribution in [-0.4, -0.2) is 11.0 Å². The van der Waals surface area contributed by atoms with Gasteiger partial charge in [-0.1, -0.05) is 18.2 Å². The van der Waals surface area contributed by atoms with Crippen LogP contribution in [0.25, 0.3) is 0 Å². The average molecular weight is 293 g/mol. The summed E-state index contributed by atoms with van der Waals surface area (Å²) < 4.78 is 38.6. The minimum atomic E-state index is -4.48. The van der Waals surface area contributed by atoms with E-state index in [0.29, 0.717) is 5.69 Å². The summed E-state index contributed by atoms with van der Waals surface area (Å²) in [6.45, 7) is 1.97. The molecular formula is C15H14F3N3. The minimum absolute atomic E-state index is 0.0492. The molecule has 0 bridgehead atoms. The second-order valence-electron chi connectivity index (χ2n) is 5.18. The van der Waals surface area contributed by atoms with Crippen LogP contribution in [0.4, 0.5) is 30.2 Å². The summed E-state index contributed by atoms with van der Waals surface area (Å²) in [7, 11) is 0. The van der Waals surface area contributed by atoms with Gasteiger partial charge in [0.15, 0.2) is 0 Å². The third-order valence-electron chi connectivity index (χ3n) is 3.67. The first-order valence-electron chi connectivity index (χ1n) is 6.58. The van der Waals surface area contributed by atoms with Gasteiger partial charge < -0.3 is 10.6 Å². The summed E-state index contributed by atoms with van der Waals surface area (Å²) in [6.07, 6.45) is -2.63. The fourth-order valence-corrected chi connectivity index (χ4v) is 2.75. The largest absolute Gasteiger partial charge is 0.433 e. The molecule has 1 unspecified atom stereocenters. The molecule has 2 heterocycles. The number of benzene rings is 1. The zero-order chi connectivity index (χ0) is 15.2. The van der Waals surface area contributed by atoms with Crippen molar-refractivity contribution in [3.05, 3.63) is 47.8 Å². The number of nitrogens with two attached hydrogens (primary N) is 1. The van der Waals surface area contributed by atoms with Gasteiger partial charge in [0.25, 0.3) is 0 Å². The van der Waals surface area contributed by atoms with Gasteiger partial charge in [0, 0.05) is 11.7 Å². The van der Waals surface area contributed by atoms with Crippen molar-refractivity contribution in [1.29, 1.82) is 0 Å². The van der Waals surface area contributed by atoms with Gasteiger partial charge in [0.1, 0.15) is 5.69 Å². The first-order valence-corrected chi connectivity index (χ1v) is 6.58. The van der Waals surface area contributed by atoms with Crippen molar-refractivity contribution in [3.63, 3.8) is 0 Å². The molecule has 1 atom stereocenters. The highest BCUT2D eigenvalue weighted by Crippen LogP contribution is 2.42. The molecular weight excluding hydrogens is 279 g/mol. The number of anilines is 3. The van der Waals surface area contributed by atoms with E-state index in [4.69, 9.17) is 5.73 Å². The summed E-state index contributed by atoms with van der Waals surface area (Å²) in [5, 5.41) is 0. The highest BCUT2D eigenvalue weighted by atomic mass is 19.4. The standard InChI is InChI=1S/C15H14F3N3/c1-9-6-10-4-2-3-5-12(10)21(9)13-7-14(15(16,17)18)20-8-11(13)19/h2-5,7-9H,6,19H2,1H3. The Morgan fingerprint density at radius 3 is 2.67 bits per heavy atom. The molecule has 1 aliphatic heterocycles. The van der Waals surface area contributed by atoms with Crippen molar-refractivity contribution in [2.24, 2.45) is 0 Å². The molecule has 0 radical (unpaired) electrons. The van der Waals surface area contributed by atoms with E-state index >= 15 is 0 Å². The predicted molar refractivity (Wildman–Crippen MR) is 75.4 cm³/mol. The first-order chi connectivity index (χ1) is 9.88. The van der Waals surface area contributed by atoms with E-state index in [1.807, 2.05) is 36.1 Å². The summed E-state index contributed by atoms with van der Waals surface area (Å²) >= 11 is 0. The van der Waals surface area contributed by atoms with Gasteiger partial charge in [-0.05, 0) is 31.0 Å². The topological polar surface area (TPSA) is 42.2 Å². The van der Waals surface area contributed by atoms with Crippen molar-refractivity contribution >= 4 is 17.1 Å². The molecule has 3 nitrogen and oxygen atoms in total. The molecule has 3 rings (SSSR count). The van der Waals surface area contributed by atoms with Crippen LogP contribution in [0.15, 0.2) is 36.5 Å². The van der Waals surface area contributed by atoms with Crippen LogP contribution in [0, 0.1) is 0 Å². The monoisotopic (exact) mass is 293 g/mol. The SMILES string of the molecule is CC1Cc2ccccc2N1c1cc(C(F)(F)F)ncc1N. The van der Waals surface area contributed by atoms with Crippen molar-refractivity contribution in [1.82, 2.24) is 4.98 Å². The second kappa shape index (κ2) is 4.65. The molecule has 0 aliphatic carbocycles. The number of rotatable bonds is 1. The van der Waals surface area contributed by atoms with Crippen LogP contribution >= 0.6 is 0 Å². The van der Waals surface area contributed by atoms with Crippen LogP contribution in [0.2, 0.25) is 0 Å². The average Bonchev–Trinajstić information content (AvgIpc) is 2.74. The van der Waals surface area contributed by atoms with Gasteiger partial charge in [-0.2, -0.15) is 13.2 Å². The van der Waals surface area contributed by atoms with E-state index in [2.05, 4.69) is 4.98 Å². The molecule has 0 amide bonds. The van der Waals surface area contributed by atoms with Crippen LogP contribution in [0.1, 0.15) is 18.2 Å². The first kappa shape index (κ1) is 13.7. The highest BCUT2D eigenvalue weighted by molar-refractivity contribution is 5.78. The fourth-order valence-electron chi connectivity index (χ4n) is 2.75. The van der Waals surface area contributed by atoms with E-state index in [1.165, 1.54) is 0 Å². The molecule has 0 saturated heterocycles. The Morgan fingerprint density at radius 2 is 1.95 bits per heavy atom. The summed E-state index contributed by atoms with van der Waals surface area (Å²) in [4.78, 5) is 5.23. The van der Waals surface area contributed by atoms with Gasteiger partial charge in [-0.3, -0.25) is 0 Å². The predicted octanol–water partition coefficient (Wildman–Crippen LogP) is 3.77. The van der Waals surface area contributed by atoms with E-state index in [-0.39, 0.29) is 11.7 Å². The van der Waals surface area contributed by atoms with Crippen LogP contribution in [-0.2, 0) is 12.6 Å². The minimum Gasteiger partial charge on any atom is -0.396 e. The number of alkyl halides is 3. The Labute approximate surface area is 120 Å². The molecule has 21 heavy (non-hydrogen) atoms. The molecule has 0 fully saturated rings.